The highest BCUT2D eigenvalue weighted by Crippen LogP contribution is 2.64. The standard InChI is InChI=1S/C24H31N3O3S/c1-23(2)19-10-11-24(23,21(28)13-19)16-31(29,30)27-12-6-9-18(15-27)22-20(14-25-26-22)17-7-4-3-5-8-17/h3-5,7-8,14,18-19H,6,9-13,15-16H2,1-2H3,(H,25,26)/t18?,19-,24-/m1/s1. The molecule has 0 amide bonds. The second kappa shape index (κ2) is 7.27. The Morgan fingerprint density at radius 2 is 1.97 bits per heavy atom. The van der Waals surface area contributed by atoms with Crippen LogP contribution in [0.5, 0.6) is 0 Å². The molecule has 1 saturated heterocycles. The maximum atomic E-state index is 13.6. The number of nitrogens with zero attached hydrogens (tertiary/aromatic N) is 2. The summed E-state index contributed by atoms with van der Waals surface area (Å²) in [5.74, 6) is 0.514. The summed E-state index contributed by atoms with van der Waals surface area (Å²) < 4.78 is 28.8. The molecule has 2 aliphatic carbocycles. The molecule has 3 fully saturated rings. The molecular weight excluding hydrogens is 410 g/mol. The number of nitrogens with one attached hydrogen (secondary N) is 1. The van der Waals surface area contributed by atoms with E-state index >= 15 is 0 Å². The third-order valence-corrected chi connectivity index (χ3v) is 10.5. The molecule has 2 bridgehead atoms. The van der Waals surface area contributed by atoms with Gasteiger partial charge in [-0.3, -0.25) is 9.89 Å². The van der Waals surface area contributed by atoms with Gasteiger partial charge in [-0.05, 0) is 42.6 Å². The van der Waals surface area contributed by atoms with Gasteiger partial charge in [0.1, 0.15) is 5.78 Å². The van der Waals surface area contributed by atoms with Crippen molar-refractivity contribution in [2.24, 2.45) is 16.7 Å². The summed E-state index contributed by atoms with van der Waals surface area (Å²) in [5, 5.41) is 7.40. The number of aromatic amines is 1. The van der Waals surface area contributed by atoms with Gasteiger partial charge in [0.25, 0.3) is 0 Å². The minimum atomic E-state index is -3.54. The third-order valence-electron chi connectivity index (χ3n) is 8.51. The number of rotatable bonds is 5. The van der Waals surface area contributed by atoms with Crippen LogP contribution in [0.15, 0.2) is 36.5 Å². The highest BCUT2D eigenvalue weighted by molar-refractivity contribution is 7.89. The van der Waals surface area contributed by atoms with Crippen molar-refractivity contribution in [3.05, 3.63) is 42.2 Å². The number of aromatic nitrogens is 2. The molecule has 1 aromatic heterocycles. The van der Waals surface area contributed by atoms with Crippen molar-refractivity contribution in [1.29, 1.82) is 0 Å². The van der Waals surface area contributed by atoms with Crippen molar-refractivity contribution in [2.75, 3.05) is 18.8 Å². The summed E-state index contributed by atoms with van der Waals surface area (Å²) in [5.41, 5.74) is 2.17. The Hall–Kier alpha value is -1.99. The van der Waals surface area contributed by atoms with Crippen molar-refractivity contribution in [3.63, 3.8) is 0 Å². The molecular formula is C24H31N3O3S. The molecule has 31 heavy (non-hydrogen) atoms. The highest BCUT2D eigenvalue weighted by Gasteiger charge is 2.65. The smallest absolute Gasteiger partial charge is 0.215 e. The Kier molecular flexibility index (Phi) is 4.90. The van der Waals surface area contributed by atoms with Crippen LogP contribution in [-0.2, 0) is 14.8 Å². The molecule has 0 radical (unpaired) electrons. The van der Waals surface area contributed by atoms with Crippen molar-refractivity contribution in [2.45, 2.75) is 51.9 Å². The van der Waals surface area contributed by atoms with Gasteiger partial charge in [-0.15, -0.1) is 0 Å². The lowest BCUT2D eigenvalue weighted by Crippen LogP contribution is -2.48. The molecule has 1 aliphatic heterocycles. The van der Waals surface area contributed by atoms with Crippen molar-refractivity contribution in [1.82, 2.24) is 14.5 Å². The van der Waals surface area contributed by atoms with Crippen molar-refractivity contribution >= 4 is 15.8 Å². The minimum Gasteiger partial charge on any atom is -0.299 e. The number of H-pyrrole nitrogens is 1. The molecule has 1 aromatic carbocycles. The van der Waals surface area contributed by atoms with Crippen LogP contribution in [0.4, 0.5) is 0 Å². The third kappa shape index (κ3) is 3.20. The fourth-order valence-electron chi connectivity index (χ4n) is 6.40. The predicted octanol–water partition coefficient (Wildman–Crippen LogP) is 3.98. The van der Waals surface area contributed by atoms with Crippen LogP contribution >= 0.6 is 0 Å². The van der Waals surface area contributed by atoms with Gasteiger partial charge in [-0.1, -0.05) is 44.2 Å². The first-order chi connectivity index (χ1) is 14.7. The molecule has 0 spiro atoms. The van der Waals surface area contributed by atoms with E-state index in [-0.39, 0.29) is 22.9 Å². The van der Waals surface area contributed by atoms with E-state index in [0.29, 0.717) is 31.8 Å². The Bertz CT molecular complexity index is 1090. The van der Waals surface area contributed by atoms with Crippen LogP contribution in [0, 0.1) is 16.7 Å². The van der Waals surface area contributed by atoms with E-state index in [1.165, 1.54) is 0 Å². The lowest BCUT2D eigenvalue weighted by molar-refractivity contribution is -0.128. The fraction of sp³-hybridized carbons (Fsp3) is 0.583. The number of hydrogen-bond acceptors (Lipinski definition) is 4. The topological polar surface area (TPSA) is 83.1 Å². The molecule has 1 N–H and O–H groups in total. The number of hydrogen-bond donors (Lipinski definition) is 1. The number of piperidine rings is 1. The molecule has 1 unspecified atom stereocenters. The molecule has 3 atom stereocenters. The van der Waals surface area contributed by atoms with Crippen LogP contribution in [0.3, 0.4) is 0 Å². The first kappa shape index (κ1) is 20.9. The zero-order valence-corrected chi connectivity index (χ0v) is 19.1. The monoisotopic (exact) mass is 441 g/mol. The molecule has 2 heterocycles. The maximum Gasteiger partial charge on any atom is 0.215 e. The van der Waals surface area contributed by atoms with E-state index in [1.807, 2.05) is 24.4 Å². The number of ketones is 1. The van der Waals surface area contributed by atoms with Crippen LogP contribution < -0.4 is 0 Å². The van der Waals surface area contributed by atoms with Crippen molar-refractivity contribution in [3.8, 4) is 11.1 Å². The number of carbonyl (C=O) groups is 1. The molecule has 166 valence electrons. The SMILES string of the molecule is CC1(C)[C@@H]2CC[C@@]1(CS(=O)(=O)N1CCCC(c3[nH]ncc3-c3ccccc3)C1)C(=O)C2. The van der Waals surface area contributed by atoms with Gasteiger partial charge in [0.05, 0.1) is 11.9 Å². The van der Waals surface area contributed by atoms with Gasteiger partial charge < -0.3 is 0 Å². The molecule has 2 saturated carbocycles. The molecule has 6 nitrogen and oxygen atoms in total. The largest absolute Gasteiger partial charge is 0.299 e. The molecule has 7 heteroatoms. The number of sulfonamides is 1. The van der Waals surface area contributed by atoms with Crippen LogP contribution in [0.2, 0.25) is 0 Å². The predicted molar refractivity (Wildman–Crippen MR) is 120 cm³/mol. The first-order valence-corrected chi connectivity index (χ1v) is 13.0. The van der Waals surface area contributed by atoms with Gasteiger partial charge in [-0.2, -0.15) is 5.10 Å². The Morgan fingerprint density at radius 1 is 1.19 bits per heavy atom. The van der Waals surface area contributed by atoms with Crippen LogP contribution in [0.25, 0.3) is 11.1 Å². The van der Waals surface area contributed by atoms with Gasteiger partial charge in [-0.25, -0.2) is 12.7 Å². The number of Topliss-reactive ketones (excluding diaryl/α,β-unsaturated/α-hetero) is 1. The van der Waals surface area contributed by atoms with E-state index in [0.717, 1.165) is 36.1 Å². The van der Waals surface area contributed by atoms with Gasteiger partial charge in [0.15, 0.2) is 0 Å². The summed E-state index contributed by atoms with van der Waals surface area (Å²) in [6, 6.07) is 10.1. The average Bonchev–Trinajstić information content (AvgIpc) is 3.38. The Labute approximate surface area is 184 Å². The second-order valence-electron chi connectivity index (χ2n) is 10.2. The average molecular weight is 442 g/mol. The van der Waals surface area contributed by atoms with E-state index < -0.39 is 15.4 Å². The van der Waals surface area contributed by atoms with Gasteiger partial charge in [0, 0.05) is 42.1 Å². The van der Waals surface area contributed by atoms with E-state index in [4.69, 9.17) is 0 Å². The first-order valence-electron chi connectivity index (χ1n) is 11.3. The molecule has 5 rings (SSSR count). The summed E-state index contributed by atoms with van der Waals surface area (Å²) >= 11 is 0. The zero-order chi connectivity index (χ0) is 21.9. The summed E-state index contributed by atoms with van der Waals surface area (Å²) in [4.78, 5) is 12.9. The Balaban J connectivity index is 1.39. The quantitative estimate of drug-likeness (QED) is 0.761. The van der Waals surface area contributed by atoms with Crippen LogP contribution in [-0.4, -0.2) is 47.5 Å². The minimum absolute atomic E-state index is 0.0381. The normalized spacial score (nSPS) is 30.7. The van der Waals surface area contributed by atoms with Crippen molar-refractivity contribution < 1.29 is 13.2 Å². The van der Waals surface area contributed by atoms with Gasteiger partial charge >= 0.3 is 0 Å². The summed E-state index contributed by atoms with van der Waals surface area (Å²) in [6.45, 7) is 5.17. The zero-order valence-electron chi connectivity index (χ0n) is 18.3. The summed E-state index contributed by atoms with van der Waals surface area (Å²) in [6.07, 6.45) is 5.77. The lowest BCUT2D eigenvalue weighted by atomic mass is 9.70. The number of fused-ring (bicyclic) bond motifs is 2. The van der Waals surface area contributed by atoms with E-state index in [9.17, 15) is 13.2 Å². The molecule has 3 aliphatic rings. The second-order valence-corrected chi connectivity index (χ2v) is 12.2. The van der Waals surface area contributed by atoms with Gasteiger partial charge in [0.2, 0.25) is 10.0 Å². The summed E-state index contributed by atoms with van der Waals surface area (Å²) in [7, 11) is -3.54. The lowest BCUT2D eigenvalue weighted by Gasteiger charge is -2.39. The maximum absolute atomic E-state index is 13.6. The van der Waals surface area contributed by atoms with Crippen LogP contribution in [0.1, 0.15) is 57.6 Å². The highest BCUT2D eigenvalue weighted by atomic mass is 32.2. The number of benzene rings is 1. The molecule has 2 aromatic rings. The fourth-order valence-corrected chi connectivity index (χ4v) is 8.69. The van der Waals surface area contributed by atoms with E-state index in [2.05, 4.69) is 36.2 Å². The number of carbonyl (C=O) groups excluding carboxylic acids is 1. The Morgan fingerprint density at radius 3 is 2.65 bits per heavy atom. The van der Waals surface area contributed by atoms with E-state index in [1.54, 1.807) is 4.31 Å².